The van der Waals surface area contributed by atoms with E-state index in [-0.39, 0.29) is 5.56 Å². The van der Waals surface area contributed by atoms with Crippen LogP contribution in [0.3, 0.4) is 0 Å². The summed E-state index contributed by atoms with van der Waals surface area (Å²) in [4.78, 5) is 23.7. The lowest BCUT2D eigenvalue weighted by atomic mass is 10.0. The lowest BCUT2D eigenvalue weighted by molar-refractivity contribution is 1.12. The second-order valence-electron chi connectivity index (χ2n) is 5.27. The SMILES string of the molecule is O=c1[nH]c2ccccc2cc1Cc1ccc2nccnc2c1. The Balaban J connectivity index is 1.78. The minimum Gasteiger partial charge on any atom is -0.322 e. The molecule has 4 heteroatoms. The van der Waals surface area contributed by atoms with Crippen molar-refractivity contribution in [2.45, 2.75) is 6.42 Å². The summed E-state index contributed by atoms with van der Waals surface area (Å²) in [5.74, 6) is 0. The van der Waals surface area contributed by atoms with Crippen LogP contribution in [0.2, 0.25) is 0 Å². The van der Waals surface area contributed by atoms with Crippen LogP contribution in [0.15, 0.2) is 65.7 Å². The molecule has 0 aliphatic heterocycles. The predicted octanol–water partition coefficient (Wildman–Crippen LogP) is 3.06. The topological polar surface area (TPSA) is 58.6 Å². The van der Waals surface area contributed by atoms with Crippen molar-refractivity contribution in [3.63, 3.8) is 0 Å². The number of nitrogens with zero attached hydrogens (tertiary/aromatic N) is 2. The quantitative estimate of drug-likeness (QED) is 0.616. The molecule has 0 spiro atoms. The summed E-state index contributed by atoms with van der Waals surface area (Å²) >= 11 is 0. The first-order valence-corrected chi connectivity index (χ1v) is 7.10. The molecule has 0 aliphatic carbocycles. The number of nitrogens with one attached hydrogen (secondary N) is 1. The summed E-state index contributed by atoms with van der Waals surface area (Å²) in [7, 11) is 0. The summed E-state index contributed by atoms with van der Waals surface area (Å²) in [5, 5.41) is 1.04. The van der Waals surface area contributed by atoms with E-state index >= 15 is 0 Å². The lowest BCUT2D eigenvalue weighted by Crippen LogP contribution is -2.12. The van der Waals surface area contributed by atoms with E-state index in [0.29, 0.717) is 6.42 Å². The Bertz CT molecular complexity index is 1040. The van der Waals surface area contributed by atoms with Crippen molar-refractivity contribution in [2.24, 2.45) is 0 Å². The van der Waals surface area contributed by atoms with Crippen molar-refractivity contribution < 1.29 is 0 Å². The van der Waals surface area contributed by atoms with Crippen molar-refractivity contribution in [3.05, 3.63) is 82.4 Å². The second kappa shape index (κ2) is 5.07. The van der Waals surface area contributed by atoms with Crippen LogP contribution in [0.4, 0.5) is 0 Å². The van der Waals surface area contributed by atoms with Gasteiger partial charge in [-0.1, -0.05) is 24.3 Å². The third kappa shape index (κ3) is 2.24. The molecule has 2 aromatic carbocycles. The summed E-state index contributed by atoms with van der Waals surface area (Å²) in [6.07, 6.45) is 3.93. The van der Waals surface area contributed by atoms with Gasteiger partial charge < -0.3 is 4.98 Å². The molecule has 4 aromatic rings. The van der Waals surface area contributed by atoms with E-state index in [2.05, 4.69) is 15.0 Å². The Hall–Kier alpha value is -3.01. The third-order valence-electron chi connectivity index (χ3n) is 3.76. The van der Waals surface area contributed by atoms with E-state index in [1.807, 2.05) is 48.5 Å². The number of fused-ring (bicyclic) bond motifs is 2. The van der Waals surface area contributed by atoms with Crippen LogP contribution in [0.25, 0.3) is 21.9 Å². The van der Waals surface area contributed by atoms with Gasteiger partial charge in [-0.05, 0) is 35.2 Å². The number of hydrogen-bond acceptors (Lipinski definition) is 3. The maximum Gasteiger partial charge on any atom is 0.251 e. The van der Waals surface area contributed by atoms with Gasteiger partial charge in [0.2, 0.25) is 0 Å². The predicted molar refractivity (Wildman–Crippen MR) is 86.9 cm³/mol. The number of H-pyrrole nitrogens is 1. The van der Waals surface area contributed by atoms with Crippen molar-refractivity contribution in [3.8, 4) is 0 Å². The molecule has 0 radical (unpaired) electrons. The Morgan fingerprint density at radius 2 is 1.73 bits per heavy atom. The summed E-state index contributed by atoms with van der Waals surface area (Å²) in [5.41, 5.74) is 4.32. The van der Waals surface area contributed by atoms with Crippen molar-refractivity contribution >= 4 is 21.9 Å². The molecule has 22 heavy (non-hydrogen) atoms. The molecule has 106 valence electrons. The van der Waals surface area contributed by atoms with E-state index in [4.69, 9.17) is 0 Å². The van der Waals surface area contributed by atoms with Gasteiger partial charge in [0.1, 0.15) is 0 Å². The van der Waals surface area contributed by atoms with Gasteiger partial charge in [-0.25, -0.2) is 0 Å². The van der Waals surface area contributed by atoms with Crippen molar-refractivity contribution in [1.82, 2.24) is 15.0 Å². The molecule has 1 N–H and O–H groups in total. The first-order chi connectivity index (χ1) is 10.8. The first-order valence-electron chi connectivity index (χ1n) is 7.10. The number of aromatic amines is 1. The van der Waals surface area contributed by atoms with E-state index < -0.39 is 0 Å². The standard InChI is InChI=1S/C18H13N3O/c22-18-14(11-13-3-1-2-4-15(13)21-18)9-12-5-6-16-17(10-12)20-8-7-19-16/h1-8,10-11H,9H2,(H,21,22). The Morgan fingerprint density at radius 3 is 2.64 bits per heavy atom. The molecule has 4 rings (SSSR count). The average Bonchev–Trinajstić information content (AvgIpc) is 2.55. The Labute approximate surface area is 126 Å². The van der Waals surface area contributed by atoms with Gasteiger partial charge in [0.25, 0.3) is 5.56 Å². The smallest absolute Gasteiger partial charge is 0.251 e. The highest BCUT2D eigenvalue weighted by Crippen LogP contribution is 2.16. The molecule has 0 unspecified atom stereocenters. The van der Waals surface area contributed by atoms with Gasteiger partial charge in [0.15, 0.2) is 0 Å². The van der Waals surface area contributed by atoms with Crippen LogP contribution in [0.5, 0.6) is 0 Å². The van der Waals surface area contributed by atoms with E-state index in [0.717, 1.165) is 33.1 Å². The van der Waals surface area contributed by atoms with Gasteiger partial charge in [0, 0.05) is 29.9 Å². The van der Waals surface area contributed by atoms with Gasteiger partial charge in [0.05, 0.1) is 11.0 Å². The molecular formula is C18H13N3O. The van der Waals surface area contributed by atoms with Crippen LogP contribution < -0.4 is 5.56 Å². The zero-order valence-electron chi connectivity index (χ0n) is 11.8. The maximum absolute atomic E-state index is 12.2. The lowest BCUT2D eigenvalue weighted by Gasteiger charge is -2.05. The highest BCUT2D eigenvalue weighted by molar-refractivity contribution is 5.79. The zero-order valence-corrected chi connectivity index (χ0v) is 11.8. The molecule has 2 heterocycles. The number of pyridine rings is 1. The van der Waals surface area contributed by atoms with Gasteiger partial charge >= 0.3 is 0 Å². The molecule has 0 fully saturated rings. The normalized spacial score (nSPS) is 11.1. The number of para-hydroxylation sites is 1. The molecule has 0 atom stereocenters. The summed E-state index contributed by atoms with van der Waals surface area (Å²) in [6.45, 7) is 0. The molecule has 0 saturated heterocycles. The number of benzene rings is 2. The zero-order chi connectivity index (χ0) is 14.9. The number of hydrogen-bond donors (Lipinski definition) is 1. The molecule has 0 amide bonds. The molecule has 0 saturated carbocycles. The first kappa shape index (κ1) is 12.7. The van der Waals surface area contributed by atoms with Crippen LogP contribution in [-0.4, -0.2) is 15.0 Å². The minimum absolute atomic E-state index is 0.0436. The van der Waals surface area contributed by atoms with Crippen molar-refractivity contribution in [1.29, 1.82) is 0 Å². The summed E-state index contributed by atoms with van der Waals surface area (Å²) < 4.78 is 0. The molecule has 0 bridgehead atoms. The maximum atomic E-state index is 12.2. The molecule has 4 nitrogen and oxygen atoms in total. The fourth-order valence-corrected chi connectivity index (χ4v) is 2.66. The summed E-state index contributed by atoms with van der Waals surface area (Å²) in [6, 6.07) is 15.7. The number of aromatic nitrogens is 3. The molecule has 2 aromatic heterocycles. The highest BCUT2D eigenvalue weighted by atomic mass is 16.1. The van der Waals surface area contributed by atoms with Gasteiger partial charge in [-0.2, -0.15) is 0 Å². The molecule has 0 aliphatic rings. The number of rotatable bonds is 2. The third-order valence-corrected chi connectivity index (χ3v) is 3.76. The minimum atomic E-state index is -0.0436. The monoisotopic (exact) mass is 287 g/mol. The van der Waals surface area contributed by atoms with Crippen LogP contribution in [0.1, 0.15) is 11.1 Å². The van der Waals surface area contributed by atoms with E-state index in [1.54, 1.807) is 12.4 Å². The van der Waals surface area contributed by atoms with Crippen LogP contribution >= 0.6 is 0 Å². The second-order valence-corrected chi connectivity index (χ2v) is 5.27. The van der Waals surface area contributed by atoms with Crippen LogP contribution in [-0.2, 0) is 6.42 Å². The largest absolute Gasteiger partial charge is 0.322 e. The van der Waals surface area contributed by atoms with Gasteiger partial charge in [-0.15, -0.1) is 0 Å². The molecular weight excluding hydrogens is 274 g/mol. The highest BCUT2D eigenvalue weighted by Gasteiger charge is 2.05. The fourth-order valence-electron chi connectivity index (χ4n) is 2.66. The van der Waals surface area contributed by atoms with E-state index in [1.165, 1.54) is 0 Å². The van der Waals surface area contributed by atoms with E-state index in [9.17, 15) is 4.79 Å². The van der Waals surface area contributed by atoms with Crippen LogP contribution in [0, 0.1) is 0 Å². The van der Waals surface area contributed by atoms with Gasteiger partial charge in [-0.3, -0.25) is 14.8 Å². The fraction of sp³-hybridized carbons (Fsp3) is 0.0556. The van der Waals surface area contributed by atoms with Crippen molar-refractivity contribution in [2.75, 3.05) is 0 Å². The Morgan fingerprint density at radius 1 is 0.909 bits per heavy atom. The average molecular weight is 287 g/mol. The Kier molecular flexibility index (Phi) is 2.93.